The van der Waals surface area contributed by atoms with Crippen molar-refractivity contribution in [3.63, 3.8) is 0 Å². The molecule has 0 aromatic rings. The molecule has 0 spiro atoms. The monoisotopic (exact) mass is 212 g/mol. The van der Waals surface area contributed by atoms with Crippen molar-refractivity contribution >= 4 is 0 Å². The van der Waals surface area contributed by atoms with E-state index in [0.29, 0.717) is 16.2 Å². The number of hydrogen-bond acceptors (Lipinski definition) is 0. The smallest absolute Gasteiger partial charge is 0.0293 e. The van der Waals surface area contributed by atoms with Crippen molar-refractivity contribution in [1.82, 2.24) is 0 Å². The van der Waals surface area contributed by atoms with E-state index in [0.717, 1.165) is 0 Å². The highest BCUT2D eigenvalue weighted by Gasteiger charge is 2.34. The van der Waals surface area contributed by atoms with Crippen LogP contribution >= 0.6 is 0 Å². The van der Waals surface area contributed by atoms with E-state index in [4.69, 9.17) is 0 Å². The van der Waals surface area contributed by atoms with Crippen LogP contribution in [0.1, 0.15) is 81.1 Å². The lowest BCUT2D eigenvalue weighted by atomic mass is 9.64. The molecule has 0 saturated carbocycles. The van der Waals surface area contributed by atoms with Crippen LogP contribution in [-0.4, -0.2) is 0 Å². The minimum atomic E-state index is 0.456. The molecule has 0 radical (unpaired) electrons. The minimum Gasteiger partial charge on any atom is -0.0649 e. The van der Waals surface area contributed by atoms with Crippen LogP contribution < -0.4 is 0 Å². The van der Waals surface area contributed by atoms with Crippen molar-refractivity contribution in [1.29, 1.82) is 0 Å². The normalized spacial score (nSPS) is 14.4. The molecular weight excluding hydrogens is 180 g/mol. The van der Waals surface area contributed by atoms with Gasteiger partial charge in [0.05, 0.1) is 0 Å². The highest BCUT2D eigenvalue weighted by Crippen LogP contribution is 2.46. The zero-order chi connectivity index (χ0) is 12.3. The van der Waals surface area contributed by atoms with Gasteiger partial charge in [-0.15, -0.1) is 0 Å². The Balaban J connectivity index is 4.74. The Morgan fingerprint density at radius 1 is 0.600 bits per heavy atom. The van der Waals surface area contributed by atoms with Crippen LogP contribution in [0.25, 0.3) is 0 Å². The first kappa shape index (κ1) is 15.0. The summed E-state index contributed by atoms with van der Waals surface area (Å²) in [4.78, 5) is 0. The van der Waals surface area contributed by atoms with Gasteiger partial charge >= 0.3 is 0 Å². The Kier molecular flexibility index (Phi) is 4.89. The summed E-state index contributed by atoms with van der Waals surface area (Å²) in [6.45, 7) is 18.9. The summed E-state index contributed by atoms with van der Waals surface area (Å²) in [5.41, 5.74) is 1.46. The molecule has 15 heavy (non-hydrogen) atoms. The first-order chi connectivity index (χ1) is 6.54. The van der Waals surface area contributed by atoms with Crippen molar-refractivity contribution < 1.29 is 0 Å². The molecule has 0 aromatic heterocycles. The fraction of sp³-hybridized carbons (Fsp3) is 1.00. The maximum absolute atomic E-state index is 2.37. The zero-order valence-electron chi connectivity index (χ0n) is 12.3. The van der Waals surface area contributed by atoms with Crippen LogP contribution in [0.3, 0.4) is 0 Å². The van der Waals surface area contributed by atoms with E-state index in [1.165, 1.54) is 25.7 Å². The number of rotatable bonds is 4. The summed E-state index contributed by atoms with van der Waals surface area (Å²) in [5.74, 6) is 0. The van der Waals surface area contributed by atoms with Gasteiger partial charge in [0.1, 0.15) is 0 Å². The van der Waals surface area contributed by atoms with Gasteiger partial charge in [-0.05, 0) is 29.1 Å². The summed E-state index contributed by atoms with van der Waals surface area (Å²) < 4.78 is 0. The van der Waals surface area contributed by atoms with Crippen molar-refractivity contribution in [3.8, 4) is 0 Å². The average Bonchev–Trinajstić information content (AvgIpc) is 1.98. The minimum absolute atomic E-state index is 0.456. The Labute approximate surface area is 97.8 Å². The molecular formula is C15H32. The van der Waals surface area contributed by atoms with E-state index < -0.39 is 0 Å². The predicted octanol–water partition coefficient (Wildman–Crippen LogP) is 5.67. The van der Waals surface area contributed by atoms with Gasteiger partial charge in [-0.2, -0.15) is 0 Å². The van der Waals surface area contributed by atoms with Crippen molar-refractivity contribution in [2.24, 2.45) is 16.2 Å². The van der Waals surface area contributed by atoms with Gasteiger partial charge < -0.3 is 0 Å². The van der Waals surface area contributed by atoms with E-state index in [9.17, 15) is 0 Å². The molecule has 0 heterocycles. The van der Waals surface area contributed by atoms with Gasteiger partial charge in [-0.25, -0.2) is 0 Å². The molecule has 0 aliphatic carbocycles. The molecule has 0 aliphatic rings. The summed E-state index contributed by atoms with van der Waals surface area (Å²) >= 11 is 0. The van der Waals surface area contributed by atoms with Gasteiger partial charge in [0.15, 0.2) is 0 Å². The van der Waals surface area contributed by atoms with E-state index in [1.807, 2.05) is 0 Å². The Hall–Kier alpha value is 0. The van der Waals surface area contributed by atoms with Crippen LogP contribution in [-0.2, 0) is 0 Å². The van der Waals surface area contributed by atoms with E-state index in [-0.39, 0.29) is 0 Å². The maximum Gasteiger partial charge on any atom is -0.0293 e. The highest BCUT2D eigenvalue weighted by molar-refractivity contribution is 4.85. The molecule has 0 bridgehead atoms. The van der Waals surface area contributed by atoms with Crippen molar-refractivity contribution in [2.75, 3.05) is 0 Å². The Morgan fingerprint density at radius 3 is 1.00 bits per heavy atom. The van der Waals surface area contributed by atoms with Gasteiger partial charge in [0, 0.05) is 0 Å². The second-order valence-corrected chi connectivity index (χ2v) is 7.68. The maximum atomic E-state index is 2.37. The molecule has 0 aliphatic heterocycles. The average molecular weight is 212 g/mol. The largest absolute Gasteiger partial charge is 0.0649 e. The molecule has 0 heteroatoms. The van der Waals surface area contributed by atoms with Crippen LogP contribution in [0.5, 0.6) is 0 Å². The van der Waals surface area contributed by atoms with Gasteiger partial charge in [0.25, 0.3) is 0 Å². The molecule has 0 rings (SSSR count). The summed E-state index contributed by atoms with van der Waals surface area (Å²) in [7, 11) is 0. The fourth-order valence-corrected chi connectivity index (χ4v) is 3.06. The van der Waals surface area contributed by atoms with Gasteiger partial charge in [-0.3, -0.25) is 0 Å². The van der Waals surface area contributed by atoms with E-state index in [1.54, 1.807) is 0 Å². The van der Waals surface area contributed by atoms with Gasteiger partial charge in [0.2, 0.25) is 0 Å². The Bertz CT molecular complexity index is 153. The highest BCUT2D eigenvalue weighted by atomic mass is 14.4. The topological polar surface area (TPSA) is 0 Å². The van der Waals surface area contributed by atoms with Crippen LogP contribution in [0.2, 0.25) is 0 Å². The van der Waals surface area contributed by atoms with Crippen LogP contribution in [0, 0.1) is 16.2 Å². The SMILES string of the molecule is CCC(CC)(CC(C)(C)C)CC(C)(C)C. The quantitative estimate of drug-likeness (QED) is 0.563. The zero-order valence-corrected chi connectivity index (χ0v) is 12.3. The second kappa shape index (κ2) is 4.89. The molecule has 0 unspecified atom stereocenters. The lowest BCUT2D eigenvalue weighted by molar-refractivity contribution is 0.0952. The van der Waals surface area contributed by atoms with Crippen molar-refractivity contribution in [3.05, 3.63) is 0 Å². The lowest BCUT2D eigenvalue weighted by Crippen LogP contribution is -2.30. The van der Waals surface area contributed by atoms with Crippen molar-refractivity contribution in [2.45, 2.75) is 81.1 Å². The first-order valence-electron chi connectivity index (χ1n) is 6.54. The molecule has 0 fully saturated rings. The molecule has 0 atom stereocenters. The third kappa shape index (κ3) is 6.22. The first-order valence-corrected chi connectivity index (χ1v) is 6.54. The molecule has 0 nitrogen and oxygen atoms in total. The molecule has 0 saturated heterocycles. The summed E-state index contributed by atoms with van der Waals surface area (Å²) in [5, 5.41) is 0. The van der Waals surface area contributed by atoms with Crippen LogP contribution in [0.15, 0.2) is 0 Å². The third-order valence-corrected chi connectivity index (χ3v) is 3.31. The van der Waals surface area contributed by atoms with Crippen LogP contribution in [0.4, 0.5) is 0 Å². The molecule has 0 amide bonds. The molecule has 92 valence electrons. The standard InChI is InChI=1S/C15H32/c1-9-15(10-2,11-13(3,4)5)12-14(6,7)8/h9-12H2,1-8H3. The number of hydrogen-bond donors (Lipinski definition) is 0. The molecule has 0 aromatic carbocycles. The summed E-state index contributed by atoms with van der Waals surface area (Å²) in [6, 6.07) is 0. The lowest BCUT2D eigenvalue weighted by Gasteiger charge is -2.42. The second-order valence-electron chi connectivity index (χ2n) is 7.68. The van der Waals surface area contributed by atoms with E-state index in [2.05, 4.69) is 55.4 Å². The molecule has 0 N–H and O–H groups in total. The Morgan fingerprint density at radius 2 is 0.867 bits per heavy atom. The third-order valence-electron chi connectivity index (χ3n) is 3.31. The summed E-state index contributed by atoms with van der Waals surface area (Å²) in [6.07, 6.45) is 5.34. The fourth-order valence-electron chi connectivity index (χ4n) is 3.06. The predicted molar refractivity (Wildman–Crippen MR) is 71.2 cm³/mol. The van der Waals surface area contributed by atoms with E-state index >= 15 is 0 Å². The van der Waals surface area contributed by atoms with Gasteiger partial charge in [-0.1, -0.05) is 68.2 Å².